The van der Waals surface area contributed by atoms with Gasteiger partial charge in [-0.2, -0.15) is 13.2 Å². The van der Waals surface area contributed by atoms with Crippen molar-refractivity contribution in [3.63, 3.8) is 0 Å². The number of benzene rings is 1. The highest BCUT2D eigenvalue weighted by Gasteiger charge is 2.31. The Morgan fingerprint density at radius 1 is 1.14 bits per heavy atom. The number of hydrogen-bond donors (Lipinski definition) is 1. The Hall–Kier alpha value is -3.30. The van der Waals surface area contributed by atoms with Crippen LogP contribution in [0.3, 0.4) is 0 Å². The van der Waals surface area contributed by atoms with Crippen molar-refractivity contribution in [2.45, 2.75) is 19.1 Å². The quantitative estimate of drug-likeness (QED) is 0.696. The van der Waals surface area contributed by atoms with Crippen LogP contribution in [-0.2, 0) is 23.9 Å². The summed E-state index contributed by atoms with van der Waals surface area (Å²) in [5, 5.41) is 10.3. The molecule has 0 atom stereocenters. The molecule has 0 saturated carbocycles. The highest BCUT2D eigenvalue weighted by molar-refractivity contribution is 5.79. The second kappa shape index (κ2) is 7.75. The minimum atomic E-state index is -4.48. The summed E-state index contributed by atoms with van der Waals surface area (Å²) in [4.78, 5) is 12.3. The number of fused-ring (bicyclic) bond motifs is 1. The second-order valence-corrected chi connectivity index (χ2v) is 5.89. The van der Waals surface area contributed by atoms with E-state index in [1.165, 1.54) is 24.7 Å². The Kier molecular flexibility index (Phi) is 5.39. The Morgan fingerprint density at radius 3 is 2.61 bits per heavy atom. The summed E-state index contributed by atoms with van der Waals surface area (Å²) in [6, 6.07) is 7.23. The number of nitrogens with zero attached hydrogens (tertiary/aromatic N) is 3. The predicted molar refractivity (Wildman–Crippen MR) is 93.1 cm³/mol. The predicted octanol–water partition coefficient (Wildman–Crippen LogP) is 2.62. The van der Waals surface area contributed by atoms with Crippen LogP contribution < -0.4 is 14.8 Å². The third-order valence-corrected chi connectivity index (χ3v) is 4.09. The second-order valence-electron chi connectivity index (χ2n) is 5.89. The van der Waals surface area contributed by atoms with Gasteiger partial charge in [0.2, 0.25) is 5.91 Å². The van der Waals surface area contributed by atoms with E-state index in [9.17, 15) is 18.0 Å². The zero-order valence-corrected chi connectivity index (χ0v) is 15.1. The van der Waals surface area contributed by atoms with E-state index in [4.69, 9.17) is 9.47 Å². The van der Waals surface area contributed by atoms with Gasteiger partial charge in [-0.25, -0.2) is 0 Å². The van der Waals surface area contributed by atoms with Crippen LogP contribution in [0.5, 0.6) is 11.5 Å². The Balaban J connectivity index is 1.71. The zero-order valence-electron chi connectivity index (χ0n) is 15.1. The first-order valence-corrected chi connectivity index (χ1v) is 8.20. The van der Waals surface area contributed by atoms with Crippen molar-refractivity contribution < 1.29 is 27.4 Å². The molecule has 28 heavy (non-hydrogen) atoms. The van der Waals surface area contributed by atoms with Crippen molar-refractivity contribution >= 4 is 11.6 Å². The van der Waals surface area contributed by atoms with E-state index in [1.807, 2.05) is 0 Å². The van der Waals surface area contributed by atoms with E-state index < -0.39 is 11.7 Å². The molecule has 0 spiro atoms. The molecule has 2 heterocycles. The number of amides is 1. The van der Waals surface area contributed by atoms with Crippen LogP contribution in [0.4, 0.5) is 13.2 Å². The van der Waals surface area contributed by atoms with E-state index in [0.717, 1.165) is 12.3 Å². The number of hydrogen-bond acceptors (Lipinski definition) is 5. The summed E-state index contributed by atoms with van der Waals surface area (Å²) in [7, 11) is 3.00. The largest absolute Gasteiger partial charge is 0.497 e. The minimum Gasteiger partial charge on any atom is -0.497 e. The summed E-state index contributed by atoms with van der Waals surface area (Å²) in [6.07, 6.45) is -3.55. The average molecular weight is 394 g/mol. The van der Waals surface area contributed by atoms with Crippen molar-refractivity contribution in [2.24, 2.45) is 0 Å². The molecule has 10 heteroatoms. The van der Waals surface area contributed by atoms with Crippen molar-refractivity contribution in [1.82, 2.24) is 19.9 Å². The summed E-state index contributed by atoms with van der Waals surface area (Å²) in [5.41, 5.74) is 0.0793. The van der Waals surface area contributed by atoms with Gasteiger partial charge >= 0.3 is 6.18 Å². The molecule has 1 amide bonds. The van der Waals surface area contributed by atoms with Crippen LogP contribution in [0.25, 0.3) is 5.65 Å². The third-order valence-electron chi connectivity index (χ3n) is 4.09. The van der Waals surface area contributed by atoms with Gasteiger partial charge in [-0.1, -0.05) is 6.07 Å². The molecule has 0 radical (unpaired) electrons. The first kappa shape index (κ1) is 19.5. The van der Waals surface area contributed by atoms with Crippen LogP contribution in [0.1, 0.15) is 17.0 Å². The Labute approximate surface area is 158 Å². The number of halogens is 3. The lowest BCUT2D eigenvalue weighted by molar-refractivity contribution is -0.137. The topological polar surface area (TPSA) is 77.8 Å². The monoisotopic (exact) mass is 394 g/mol. The average Bonchev–Trinajstić information content (AvgIpc) is 3.08. The highest BCUT2D eigenvalue weighted by atomic mass is 19.4. The van der Waals surface area contributed by atoms with Gasteiger partial charge in [-0.3, -0.25) is 9.20 Å². The lowest BCUT2D eigenvalue weighted by atomic mass is 10.1. The van der Waals surface area contributed by atoms with Gasteiger partial charge in [0, 0.05) is 17.8 Å². The molecule has 0 unspecified atom stereocenters. The molecule has 0 aliphatic heterocycles. The molecule has 0 aliphatic carbocycles. The maximum atomic E-state index is 12.9. The fraction of sp³-hybridized carbons (Fsp3) is 0.278. The van der Waals surface area contributed by atoms with Gasteiger partial charge in [0.25, 0.3) is 0 Å². The molecule has 148 valence electrons. The van der Waals surface area contributed by atoms with Gasteiger partial charge in [0.15, 0.2) is 11.5 Å². The van der Waals surface area contributed by atoms with Gasteiger partial charge in [-0.05, 0) is 18.2 Å². The molecule has 2 aromatic heterocycles. The smallest absolute Gasteiger partial charge is 0.417 e. The summed E-state index contributed by atoms with van der Waals surface area (Å²) in [5.74, 6) is 0.942. The van der Waals surface area contributed by atoms with Gasteiger partial charge in [0.05, 0.1) is 32.7 Å². The fourth-order valence-corrected chi connectivity index (χ4v) is 2.64. The van der Waals surface area contributed by atoms with Gasteiger partial charge < -0.3 is 14.8 Å². The number of ether oxygens (including phenoxy) is 2. The summed E-state index contributed by atoms with van der Waals surface area (Å²) < 4.78 is 50.2. The number of methoxy groups -OCH3 is 2. The molecule has 0 fully saturated rings. The molecular formula is C18H17F3N4O3. The fourth-order valence-electron chi connectivity index (χ4n) is 2.64. The lowest BCUT2D eigenvalue weighted by Crippen LogP contribution is -2.26. The van der Waals surface area contributed by atoms with Crippen LogP contribution in [0.15, 0.2) is 36.5 Å². The molecule has 0 aliphatic rings. The summed E-state index contributed by atoms with van der Waals surface area (Å²) in [6.45, 7) is -0.0697. The normalized spacial score (nSPS) is 11.5. The number of aromatic nitrogens is 3. The van der Waals surface area contributed by atoms with E-state index in [0.29, 0.717) is 17.1 Å². The number of pyridine rings is 1. The molecule has 7 nitrogen and oxygen atoms in total. The van der Waals surface area contributed by atoms with Crippen molar-refractivity contribution in [2.75, 3.05) is 14.2 Å². The van der Waals surface area contributed by atoms with Crippen molar-refractivity contribution in [3.8, 4) is 11.5 Å². The number of rotatable bonds is 6. The summed E-state index contributed by atoms with van der Waals surface area (Å²) >= 11 is 0. The zero-order chi connectivity index (χ0) is 20.3. The highest BCUT2D eigenvalue weighted by Crippen LogP contribution is 2.29. The molecule has 1 aromatic carbocycles. The van der Waals surface area contributed by atoms with Crippen LogP contribution in [0, 0.1) is 0 Å². The molecule has 3 aromatic rings. The maximum absolute atomic E-state index is 12.9. The standard InChI is InChI=1S/C18H17F3N4O3/c1-27-13-5-3-11(14(8-13)28-2)7-17(26)22-9-16-24-23-15-6-4-12(10-25(15)16)18(19,20)21/h3-6,8,10H,7,9H2,1-2H3,(H,22,26). The number of alkyl halides is 3. The van der Waals surface area contributed by atoms with E-state index in [1.54, 1.807) is 18.2 Å². The third kappa shape index (κ3) is 4.16. The van der Waals surface area contributed by atoms with Crippen LogP contribution in [-0.4, -0.2) is 34.7 Å². The van der Waals surface area contributed by atoms with E-state index in [-0.39, 0.29) is 30.3 Å². The Morgan fingerprint density at radius 2 is 1.93 bits per heavy atom. The first-order valence-electron chi connectivity index (χ1n) is 8.20. The first-order chi connectivity index (χ1) is 13.3. The number of carbonyl (C=O) groups is 1. The van der Waals surface area contributed by atoms with Gasteiger partial charge in [0.1, 0.15) is 11.5 Å². The Bertz CT molecular complexity index is 1000. The minimum absolute atomic E-state index is 0.0255. The maximum Gasteiger partial charge on any atom is 0.417 e. The van der Waals surface area contributed by atoms with E-state index in [2.05, 4.69) is 15.5 Å². The van der Waals surface area contributed by atoms with Crippen LogP contribution in [0.2, 0.25) is 0 Å². The van der Waals surface area contributed by atoms with Crippen LogP contribution >= 0.6 is 0 Å². The molecular weight excluding hydrogens is 377 g/mol. The molecule has 3 rings (SSSR count). The van der Waals surface area contributed by atoms with E-state index >= 15 is 0 Å². The lowest BCUT2D eigenvalue weighted by Gasteiger charge is -2.11. The molecule has 0 bridgehead atoms. The van der Waals surface area contributed by atoms with Crippen molar-refractivity contribution in [1.29, 1.82) is 0 Å². The number of nitrogens with one attached hydrogen (secondary N) is 1. The molecule has 1 N–H and O–H groups in total. The SMILES string of the molecule is COc1ccc(CC(=O)NCc2nnc3ccc(C(F)(F)F)cn23)c(OC)c1. The van der Waals surface area contributed by atoms with Gasteiger partial charge in [-0.15, -0.1) is 10.2 Å². The number of carbonyl (C=O) groups excluding carboxylic acids is 1. The molecule has 0 saturated heterocycles. The van der Waals surface area contributed by atoms with Crippen molar-refractivity contribution in [3.05, 3.63) is 53.5 Å².